The van der Waals surface area contributed by atoms with Crippen molar-refractivity contribution in [3.63, 3.8) is 0 Å². The molecule has 138 valence electrons. The van der Waals surface area contributed by atoms with Crippen LogP contribution in [0, 0.1) is 29.6 Å². The molecule has 0 saturated carbocycles. The second-order valence-electron chi connectivity index (χ2n) is 7.05. The minimum atomic E-state index is 0.325. The molecule has 0 aliphatic carbocycles. The average molecular weight is 368 g/mol. The number of aromatic nitrogens is 1. The number of benzene rings is 2. The van der Waals surface area contributed by atoms with Gasteiger partial charge in [0.2, 0.25) is 0 Å². The summed E-state index contributed by atoms with van der Waals surface area (Å²) in [7, 11) is 0. The van der Waals surface area contributed by atoms with Gasteiger partial charge in [0.1, 0.15) is 24.5 Å². The van der Waals surface area contributed by atoms with Crippen molar-refractivity contribution < 1.29 is 4.74 Å². The summed E-state index contributed by atoms with van der Waals surface area (Å²) in [5.41, 5.74) is 4.94. The molecule has 4 rings (SSSR count). The average Bonchev–Trinajstić information content (AvgIpc) is 3.25. The van der Waals surface area contributed by atoms with Crippen molar-refractivity contribution in [2.45, 2.75) is 26.4 Å². The predicted molar refractivity (Wildman–Crippen MR) is 108 cm³/mol. The summed E-state index contributed by atoms with van der Waals surface area (Å²) in [6.07, 6.45) is 2.48. The smallest absolute Gasteiger partial charge is 0.121 e. The van der Waals surface area contributed by atoms with Gasteiger partial charge in [-0.1, -0.05) is 12.1 Å². The van der Waals surface area contributed by atoms with E-state index in [0.29, 0.717) is 23.5 Å². The molecule has 28 heavy (non-hydrogen) atoms. The molecule has 1 saturated heterocycles. The first kappa shape index (κ1) is 17.8. The van der Waals surface area contributed by atoms with Crippen molar-refractivity contribution >= 4 is 16.6 Å². The van der Waals surface area contributed by atoms with Crippen LogP contribution in [0.25, 0.3) is 10.9 Å². The van der Waals surface area contributed by atoms with E-state index in [1.807, 2.05) is 19.1 Å². The molecule has 0 amide bonds. The normalized spacial score (nSPS) is 13.3. The molecule has 1 aliphatic heterocycles. The zero-order valence-corrected chi connectivity index (χ0v) is 15.8. The van der Waals surface area contributed by atoms with E-state index in [1.165, 1.54) is 23.9 Å². The van der Waals surface area contributed by atoms with Crippen LogP contribution in [0.5, 0.6) is 5.75 Å². The number of pyridine rings is 1. The summed E-state index contributed by atoms with van der Waals surface area (Å²) in [6, 6.07) is 17.4. The number of fused-ring (bicyclic) bond motifs is 1. The molecule has 5 nitrogen and oxygen atoms in total. The van der Waals surface area contributed by atoms with Gasteiger partial charge in [-0.15, -0.1) is 0 Å². The Labute approximate surface area is 164 Å². The zero-order valence-electron chi connectivity index (χ0n) is 15.8. The first-order chi connectivity index (χ1) is 13.7. The van der Waals surface area contributed by atoms with Crippen LogP contribution in [-0.4, -0.2) is 18.1 Å². The van der Waals surface area contributed by atoms with Gasteiger partial charge in [0.25, 0.3) is 0 Å². The fraction of sp³-hybridized carbons (Fsp3) is 0.261. The number of aryl methyl sites for hydroxylation is 1. The molecule has 0 bridgehead atoms. The second kappa shape index (κ2) is 7.58. The highest BCUT2D eigenvalue weighted by molar-refractivity contribution is 5.92. The Balaban J connectivity index is 1.59. The molecule has 1 aromatic heterocycles. The fourth-order valence-corrected chi connectivity index (χ4v) is 3.66. The Bertz CT molecular complexity index is 1120. The first-order valence-electron chi connectivity index (χ1n) is 9.40. The predicted octanol–water partition coefficient (Wildman–Crippen LogP) is 4.47. The van der Waals surface area contributed by atoms with E-state index in [9.17, 15) is 0 Å². The van der Waals surface area contributed by atoms with Crippen molar-refractivity contribution in [1.82, 2.24) is 4.98 Å². The van der Waals surface area contributed by atoms with Gasteiger partial charge in [0.05, 0.1) is 16.6 Å². The third kappa shape index (κ3) is 3.48. The third-order valence-electron chi connectivity index (χ3n) is 5.06. The van der Waals surface area contributed by atoms with Gasteiger partial charge >= 0.3 is 0 Å². The number of hydrogen-bond donors (Lipinski definition) is 0. The molecule has 0 radical (unpaired) electrons. The number of nitrogens with zero attached hydrogens (tertiary/aromatic N) is 4. The summed E-state index contributed by atoms with van der Waals surface area (Å²) in [6.45, 7) is 4.61. The number of ether oxygens (including phenoxy) is 1. The van der Waals surface area contributed by atoms with Crippen molar-refractivity contribution in [3.05, 3.63) is 64.8 Å². The van der Waals surface area contributed by atoms with Gasteiger partial charge in [0.15, 0.2) is 0 Å². The molecule has 1 aliphatic rings. The maximum atomic E-state index is 9.15. The van der Waals surface area contributed by atoms with Crippen LogP contribution in [0.15, 0.2) is 42.5 Å². The van der Waals surface area contributed by atoms with E-state index in [2.05, 4.69) is 29.2 Å². The van der Waals surface area contributed by atoms with Gasteiger partial charge in [0, 0.05) is 29.9 Å². The van der Waals surface area contributed by atoms with Crippen LogP contribution < -0.4 is 9.64 Å². The third-order valence-corrected chi connectivity index (χ3v) is 5.06. The highest BCUT2D eigenvalue weighted by atomic mass is 16.5. The summed E-state index contributed by atoms with van der Waals surface area (Å²) in [5, 5.41) is 19.3. The summed E-state index contributed by atoms with van der Waals surface area (Å²) in [5.74, 6) is 0.575. The Morgan fingerprint density at radius 2 is 1.79 bits per heavy atom. The summed E-state index contributed by atoms with van der Waals surface area (Å²) >= 11 is 0. The lowest BCUT2D eigenvalue weighted by atomic mass is 10.1. The van der Waals surface area contributed by atoms with E-state index in [4.69, 9.17) is 20.2 Å². The van der Waals surface area contributed by atoms with Crippen molar-refractivity contribution in [2.75, 3.05) is 18.0 Å². The van der Waals surface area contributed by atoms with Gasteiger partial charge in [-0.25, -0.2) is 0 Å². The molecule has 3 aromatic rings. The van der Waals surface area contributed by atoms with Crippen molar-refractivity contribution in [2.24, 2.45) is 0 Å². The minimum Gasteiger partial charge on any atom is -0.489 e. The van der Waals surface area contributed by atoms with Gasteiger partial charge in [-0.3, -0.25) is 4.98 Å². The minimum absolute atomic E-state index is 0.325. The molecular formula is C23H20N4O. The monoisotopic (exact) mass is 368 g/mol. The highest BCUT2D eigenvalue weighted by Crippen LogP contribution is 2.30. The topological polar surface area (TPSA) is 72.9 Å². The lowest BCUT2D eigenvalue weighted by Crippen LogP contribution is -2.18. The lowest BCUT2D eigenvalue weighted by Gasteiger charge is -2.20. The molecule has 2 aromatic carbocycles. The standard InChI is InChI=1S/C23H20N4O/c1-16-10-23(27-8-2-3-9-27)21-7-4-17(11-22(21)26-16)15-28-20-6-5-18(13-24)19(12-20)14-25/h4-7,10-12H,2-3,8-9,15H2,1H3. The molecule has 0 unspecified atom stereocenters. The highest BCUT2D eigenvalue weighted by Gasteiger charge is 2.16. The van der Waals surface area contributed by atoms with Crippen LogP contribution in [0.3, 0.4) is 0 Å². The number of rotatable bonds is 4. The number of anilines is 1. The molecular weight excluding hydrogens is 348 g/mol. The zero-order chi connectivity index (χ0) is 19.5. The van der Waals surface area contributed by atoms with E-state index < -0.39 is 0 Å². The van der Waals surface area contributed by atoms with Gasteiger partial charge in [-0.05, 0) is 55.7 Å². The Kier molecular flexibility index (Phi) is 4.83. The molecule has 2 heterocycles. The maximum absolute atomic E-state index is 9.15. The van der Waals surface area contributed by atoms with Crippen LogP contribution in [0.1, 0.15) is 35.2 Å². The van der Waals surface area contributed by atoms with Crippen molar-refractivity contribution in [1.29, 1.82) is 10.5 Å². The van der Waals surface area contributed by atoms with Crippen LogP contribution in [-0.2, 0) is 6.61 Å². The molecule has 5 heteroatoms. The summed E-state index contributed by atoms with van der Waals surface area (Å²) in [4.78, 5) is 7.15. The van der Waals surface area contributed by atoms with E-state index in [0.717, 1.165) is 29.9 Å². The Morgan fingerprint density at radius 3 is 2.54 bits per heavy atom. The molecule has 0 spiro atoms. The Hall–Kier alpha value is -3.57. The van der Waals surface area contributed by atoms with Gasteiger partial charge in [-0.2, -0.15) is 10.5 Å². The van der Waals surface area contributed by atoms with Crippen LogP contribution >= 0.6 is 0 Å². The summed E-state index contributed by atoms with van der Waals surface area (Å²) < 4.78 is 5.84. The largest absolute Gasteiger partial charge is 0.489 e. The number of nitriles is 2. The lowest BCUT2D eigenvalue weighted by molar-refractivity contribution is 0.306. The van der Waals surface area contributed by atoms with E-state index >= 15 is 0 Å². The van der Waals surface area contributed by atoms with Crippen LogP contribution in [0.2, 0.25) is 0 Å². The van der Waals surface area contributed by atoms with E-state index in [-0.39, 0.29) is 0 Å². The van der Waals surface area contributed by atoms with Crippen LogP contribution in [0.4, 0.5) is 5.69 Å². The van der Waals surface area contributed by atoms with Crippen molar-refractivity contribution in [3.8, 4) is 17.9 Å². The maximum Gasteiger partial charge on any atom is 0.121 e. The fourth-order valence-electron chi connectivity index (χ4n) is 3.66. The molecule has 0 N–H and O–H groups in total. The second-order valence-corrected chi connectivity index (χ2v) is 7.05. The SMILES string of the molecule is Cc1cc(N2CCCC2)c2ccc(COc3ccc(C#N)c(C#N)c3)cc2n1. The molecule has 0 atom stereocenters. The Morgan fingerprint density at radius 1 is 1.00 bits per heavy atom. The quantitative estimate of drug-likeness (QED) is 0.679. The number of hydrogen-bond acceptors (Lipinski definition) is 5. The first-order valence-corrected chi connectivity index (χ1v) is 9.40. The van der Waals surface area contributed by atoms with E-state index in [1.54, 1.807) is 18.2 Å². The molecule has 1 fully saturated rings. The van der Waals surface area contributed by atoms with Gasteiger partial charge < -0.3 is 9.64 Å².